The largest absolute Gasteiger partial charge is 0.465 e. The highest BCUT2D eigenvalue weighted by Crippen LogP contribution is 2.39. The van der Waals surface area contributed by atoms with Crippen molar-refractivity contribution in [3.63, 3.8) is 0 Å². The van der Waals surface area contributed by atoms with Crippen LogP contribution in [0.25, 0.3) is 22.5 Å². The third kappa shape index (κ3) is 3.67. The smallest absolute Gasteiger partial charge is 0.413 e. The number of rotatable bonds is 3. The van der Waals surface area contributed by atoms with Gasteiger partial charge >= 0.3 is 12.1 Å². The molecule has 0 spiro atoms. The molecule has 1 aliphatic rings. The van der Waals surface area contributed by atoms with Crippen molar-refractivity contribution < 1.29 is 19.4 Å². The predicted molar refractivity (Wildman–Crippen MR) is 107 cm³/mol. The van der Waals surface area contributed by atoms with Crippen molar-refractivity contribution in [2.75, 3.05) is 11.4 Å². The predicted octanol–water partition coefficient (Wildman–Crippen LogP) is 4.30. The van der Waals surface area contributed by atoms with Crippen molar-refractivity contribution in [2.45, 2.75) is 19.4 Å². The van der Waals surface area contributed by atoms with E-state index in [4.69, 9.17) is 14.7 Å². The highest BCUT2D eigenvalue weighted by molar-refractivity contribution is 5.88. The van der Waals surface area contributed by atoms with Gasteiger partial charge in [-0.3, -0.25) is 9.69 Å². The van der Waals surface area contributed by atoms with Crippen LogP contribution in [0.5, 0.6) is 0 Å². The van der Waals surface area contributed by atoms with Crippen LogP contribution in [0.2, 0.25) is 0 Å². The van der Waals surface area contributed by atoms with E-state index in [-0.39, 0.29) is 12.4 Å². The first-order valence-corrected chi connectivity index (χ1v) is 9.25. The molecule has 0 unspecified atom stereocenters. The molecule has 29 heavy (non-hydrogen) atoms. The van der Waals surface area contributed by atoms with E-state index in [2.05, 4.69) is 0 Å². The van der Waals surface area contributed by atoms with Gasteiger partial charge in [-0.1, -0.05) is 60.7 Å². The third-order valence-electron chi connectivity index (χ3n) is 4.71. The van der Waals surface area contributed by atoms with Gasteiger partial charge in [-0.25, -0.2) is 14.8 Å². The first-order valence-electron chi connectivity index (χ1n) is 9.25. The molecular formula is C22H19N3O4. The van der Waals surface area contributed by atoms with Crippen LogP contribution < -0.4 is 4.90 Å². The summed E-state index contributed by atoms with van der Waals surface area (Å²) in [5.41, 5.74) is 3.20. The van der Waals surface area contributed by atoms with E-state index in [0.29, 0.717) is 23.5 Å². The SMILES string of the molecule is CC(=O)O[C@@H]1CCN(C(=O)O)c2nc(-c3ccccc3)c(-c3ccccc3)nc21. The molecule has 1 atom stereocenters. The highest BCUT2D eigenvalue weighted by atomic mass is 16.5. The molecule has 0 saturated heterocycles. The van der Waals surface area contributed by atoms with Crippen molar-refractivity contribution in [1.29, 1.82) is 0 Å². The van der Waals surface area contributed by atoms with Gasteiger partial charge in [0.25, 0.3) is 0 Å². The number of aromatic nitrogens is 2. The van der Waals surface area contributed by atoms with E-state index >= 15 is 0 Å². The highest BCUT2D eigenvalue weighted by Gasteiger charge is 2.34. The fourth-order valence-corrected chi connectivity index (χ4v) is 3.44. The summed E-state index contributed by atoms with van der Waals surface area (Å²) in [5, 5.41) is 9.65. The zero-order valence-electron chi connectivity index (χ0n) is 15.8. The second-order valence-corrected chi connectivity index (χ2v) is 6.68. The Kier molecular flexibility index (Phi) is 4.95. The Morgan fingerprint density at radius 3 is 2.03 bits per heavy atom. The summed E-state index contributed by atoms with van der Waals surface area (Å²) in [6, 6.07) is 19.0. The van der Waals surface area contributed by atoms with Crippen molar-refractivity contribution in [3.05, 3.63) is 66.4 Å². The van der Waals surface area contributed by atoms with Crippen LogP contribution in [0.1, 0.15) is 25.1 Å². The minimum absolute atomic E-state index is 0.174. The molecule has 0 aliphatic carbocycles. The lowest BCUT2D eigenvalue weighted by Gasteiger charge is -2.31. The Labute approximate surface area is 167 Å². The molecule has 0 saturated carbocycles. The Morgan fingerprint density at radius 1 is 0.966 bits per heavy atom. The number of carboxylic acid groups (broad SMARTS) is 1. The quantitative estimate of drug-likeness (QED) is 0.671. The van der Waals surface area contributed by atoms with Crippen molar-refractivity contribution >= 4 is 17.9 Å². The number of hydrogen-bond acceptors (Lipinski definition) is 5. The summed E-state index contributed by atoms with van der Waals surface area (Å²) in [6.07, 6.45) is -1.43. The van der Waals surface area contributed by atoms with Crippen LogP contribution in [-0.2, 0) is 9.53 Å². The number of carbonyl (C=O) groups excluding carboxylic acids is 1. The fourth-order valence-electron chi connectivity index (χ4n) is 3.44. The number of hydrogen-bond donors (Lipinski definition) is 1. The second-order valence-electron chi connectivity index (χ2n) is 6.68. The summed E-state index contributed by atoms with van der Waals surface area (Å²) in [5.74, 6) is -0.242. The van der Waals surface area contributed by atoms with Gasteiger partial charge in [0, 0.05) is 31.0 Å². The maximum atomic E-state index is 11.8. The van der Waals surface area contributed by atoms with Crippen LogP contribution in [0.15, 0.2) is 60.7 Å². The molecule has 146 valence electrons. The number of ether oxygens (including phenoxy) is 1. The monoisotopic (exact) mass is 389 g/mol. The average Bonchev–Trinajstić information content (AvgIpc) is 2.73. The van der Waals surface area contributed by atoms with Gasteiger partial charge in [-0.15, -0.1) is 0 Å². The maximum absolute atomic E-state index is 11.8. The van der Waals surface area contributed by atoms with Gasteiger partial charge in [0.05, 0.1) is 11.4 Å². The molecular weight excluding hydrogens is 370 g/mol. The zero-order chi connectivity index (χ0) is 20.4. The number of carbonyl (C=O) groups is 2. The summed E-state index contributed by atoms with van der Waals surface area (Å²) < 4.78 is 5.42. The maximum Gasteiger partial charge on any atom is 0.413 e. The van der Waals surface area contributed by atoms with E-state index in [9.17, 15) is 14.7 Å². The molecule has 1 aromatic heterocycles. The lowest BCUT2D eigenvalue weighted by atomic mass is 10.0. The van der Waals surface area contributed by atoms with Gasteiger partial charge in [0.2, 0.25) is 0 Å². The Hall–Kier alpha value is -3.74. The number of fused-ring (bicyclic) bond motifs is 1. The van der Waals surface area contributed by atoms with Crippen molar-refractivity contribution in [1.82, 2.24) is 9.97 Å². The van der Waals surface area contributed by atoms with Gasteiger partial charge in [0.1, 0.15) is 11.8 Å². The number of anilines is 1. The van der Waals surface area contributed by atoms with Gasteiger partial charge in [0.15, 0.2) is 5.82 Å². The second kappa shape index (κ2) is 7.71. The summed E-state index contributed by atoms with van der Waals surface area (Å²) in [7, 11) is 0. The van der Waals surface area contributed by atoms with E-state index in [1.54, 1.807) is 0 Å². The standard InChI is InChI=1S/C22H19N3O4/c1-14(26)29-17-12-13-25(22(27)28)21-20(17)23-18(15-8-4-2-5-9-15)19(24-21)16-10-6-3-7-11-16/h2-11,17H,12-13H2,1H3,(H,27,28)/t17-/m1/s1. The molecule has 1 N–H and O–H groups in total. The number of esters is 1. The van der Waals surface area contributed by atoms with Crippen molar-refractivity contribution in [2.24, 2.45) is 0 Å². The van der Waals surface area contributed by atoms with Crippen LogP contribution in [0, 0.1) is 0 Å². The van der Waals surface area contributed by atoms with E-state index < -0.39 is 18.2 Å². The average molecular weight is 389 g/mol. The molecule has 2 aromatic carbocycles. The van der Waals surface area contributed by atoms with E-state index in [0.717, 1.165) is 16.0 Å². The summed E-state index contributed by atoms with van der Waals surface area (Å²) >= 11 is 0. The topological polar surface area (TPSA) is 92.6 Å². The van der Waals surface area contributed by atoms with Crippen molar-refractivity contribution in [3.8, 4) is 22.5 Å². The van der Waals surface area contributed by atoms with E-state index in [1.165, 1.54) is 6.92 Å². The molecule has 0 radical (unpaired) electrons. The lowest BCUT2D eigenvalue weighted by Crippen LogP contribution is -2.38. The zero-order valence-corrected chi connectivity index (χ0v) is 15.8. The first-order chi connectivity index (χ1) is 14.0. The number of nitrogens with zero attached hydrogens (tertiary/aromatic N) is 3. The molecule has 7 nitrogen and oxygen atoms in total. The molecule has 2 heterocycles. The van der Waals surface area contributed by atoms with Crippen LogP contribution >= 0.6 is 0 Å². The minimum atomic E-state index is -1.12. The van der Waals surface area contributed by atoms with Crippen LogP contribution in [0.4, 0.5) is 10.6 Å². The third-order valence-corrected chi connectivity index (χ3v) is 4.71. The molecule has 4 rings (SSSR count). The molecule has 0 bridgehead atoms. The number of benzene rings is 2. The first kappa shape index (κ1) is 18.6. The Morgan fingerprint density at radius 2 is 1.52 bits per heavy atom. The molecule has 3 aromatic rings. The normalized spacial score (nSPS) is 15.5. The van der Waals surface area contributed by atoms with Crippen LogP contribution in [-0.4, -0.2) is 33.7 Å². The molecule has 7 heteroatoms. The minimum Gasteiger partial charge on any atom is -0.465 e. The van der Waals surface area contributed by atoms with Gasteiger partial charge < -0.3 is 9.84 Å². The van der Waals surface area contributed by atoms with Gasteiger partial charge in [-0.2, -0.15) is 0 Å². The summed E-state index contributed by atoms with van der Waals surface area (Å²) in [4.78, 5) is 34.0. The summed E-state index contributed by atoms with van der Waals surface area (Å²) in [6.45, 7) is 1.50. The molecule has 1 aliphatic heterocycles. The Balaban J connectivity index is 1.97. The van der Waals surface area contributed by atoms with Gasteiger partial charge in [-0.05, 0) is 0 Å². The van der Waals surface area contributed by atoms with Crippen LogP contribution in [0.3, 0.4) is 0 Å². The van der Waals surface area contributed by atoms with E-state index in [1.807, 2.05) is 60.7 Å². The lowest BCUT2D eigenvalue weighted by molar-refractivity contribution is -0.147. The molecule has 0 fully saturated rings. The fraction of sp³-hybridized carbons (Fsp3) is 0.182. The number of amides is 1. The Bertz CT molecular complexity index is 1050. The molecule has 1 amide bonds.